The molecular weight excluding hydrogens is 658 g/mol. The maximum atomic E-state index is 13.2. The lowest BCUT2D eigenvalue weighted by Crippen LogP contribution is -2.39. The Bertz CT molecular complexity index is 1410. The number of carboxylic acids is 1. The van der Waals surface area contributed by atoms with E-state index in [0.717, 1.165) is 27.6 Å². The zero-order valence-corrected chi connectivity index (χ0v) is 26.0. The molecule has 1 aliphatic carbocycles. The highest BCUT2D eigenvalue weighted by Gasteiger charge is 2.38. The van der Waals surface area contributed by atoms with Crippen molar-refractivity contribution in [1.82, 2.24) is 4.72 Å². The molecule has 0 bridgehead atoms. The third-order valence-corrected chi connectivity index (χ3v) is 10.5. The van der Waals surface area contributed by atoms with Gasteiger partial charge in [0.15, 0.2) is 0 Å². The summed E-state index contributed by atoms with van der Waals surface area (Å²) in [6.07, 6.45) is 7.34. The van der Waals surface area contributed by atoms with Gasteiger partial charge in [0.05, 0.1) is 17.6 Å². The molecule has 1 aliphatic rings. The first-order valence-electron chi connectivity index (χ1n) is 13.3. The van der Waals surface area contributed by atoms with Crippen LogP contribution in [-0.4, -0.2) is 31.6 Å². The average Bonchev–Trinajstić information content (AvgIpc) is 3.31. The zero-order chi connectivity index (χ0) is 28.5. The van der Waals surface area contributed by atoms with Gasteiger partial charge in [-0.2, -0.15) is 0 Å². The zero-order valence-electron chi connectivity index (χ0n) is 22.0. The predicted molar refractivity (Wildman–Crippen MR) is 164 cm³/mol. The minimum absolute atomic E-state index is 0.0482. The average molecular weight is 691 g/mol. The highest BCUT2D eigenvalue weighted by molar-refractivity contribution is 9.13. The molecule has 1 saturated carbocycles. The first-order valence-corrected chi connectivity index (χ1v) is 16.4. The number of rotatable bonds is 13. The molecule has 0 unspecified atom stereocenters. The first kappa shape index (κ1) is 30.7. The number of aliphatic carboxylic acids is 1. The van der Waals surface area contributed by atoms with Gasteiger partial charge in [-0.3, -0.25) is 4.79 Å². The number of unbranched alkanes of at least 4 members (excludes halogenated alkanes) is 1. The Kier molecular flexibility index (Phi) is 11.1. The molecule has 9 heteroatoms. The fourth-order valence-corrected chi connectivity index (χ4v) is 7.11. The fraction of sp³-hybridized carbons (Fsp3) is 0.323. The van der Waals surface area contributed by atoms with Crippen LogP contribution in [0.2, 0.25) is 0 Å². The second kappa shape index (κ2) is 14.5. The van der Waals surface area contributed by atoms with Gasteiger partial charge >= 0.3 is 5.97 Å². The Hall–Kier alpha value is -2.30. The summed E-state index contributed by atoms with van der Waals surface area (Å²) in [7, 11) is -3.73. The molecule has 3 aromatic carbocycles. The summed E-state index contributed by atoms with van der Waals surface area (Å²) in [6, 6.07) is 23.1. The van der Waals surface area contributed by atoms with Crippen molar-refractivity contribution in [2.24, 2.45) is 5.92 Å². The van der Waals surface area contributed by atoms with Crippen LogP contribution in [0.1, 0.15) is 44.1 Å². The van der Waals surface area contributed by atoms with Gasteiger partial charge in [-0.15, -0.1) is 0 Å². The summed E-state index contributed by atoms with van der Waals surface area (Å²) < 4.78 is 37.3. The molecule has 3 atom stereocenters. The third-order valence-electron chi connectivity index (χ3n) is 7.13. The summed E-state index contributed by atoms with van der Waals surface area (Å²) in [5.41, 5.74) is 3.37. The molecule has 40 heavy (non-hydrogen) atoms. The number of nitrogens with one attached hydrogen (secondary N) is 1. The molecule has 0 aliphatic heterocycles. The Morgan fingerprint density at radius 3 is 2.38 bits per heavy atom. The largest absolute Gasteiger partial charge is 0.481 e. The quantitative estimate of drug-likeness (QED) is 0.142. The van der Waals surface area contributed by atoms with Crippen LogP contribution in [0.25, 0.3) is 11.1 Å². The van der Waals surface area contributed by atoms with Gasteiger partial charge in [-0.1, -0.05) is 66.7 Å². The Morgan fingerprint density at radius 1 is 0.950 bits per heavy atom. The van der Waals surface area contributed by atoms with Crippen molar-refractivity contribution < 1.29 is 23.1 Å². The third kappa shape index (κ3) is 8.60. The van der Waals surface area contributed by atoms with Crippen molar-refractivity contribution >= 4 is 47.9 Å². The van der Waals surface area contributed by atoms with E-state index in [2.05, 4.69) is 73.0 Å². The number of hydrogen-bond donors (Lipinski definition) is 2. The van der Waals surface area contributed by atoms with Crippen LogP contribution in [0.5, 0.6) is 0 Å². The number of ether oxygens (including phenoxy) is 1. The summed E-state index contributed by atoms with van der Waals surface area (Å²) in [5, 5.41) is 8.86. The van der Waals surface area contributed by atoms with Crippen LogP contribution in [0.15, 0.2) is 98.8 Å². The summed E-state index contributed by atoms with van der Waals surface area (Å²) in [5.74, 6) is -0.850. The van der Waals surface area contributed by atoms with E-state index in [9.17, 15) is 13.2 Å². The van der Waals surface area contributed by atoms with E-state index in [0.29, 0.717) is 36.8 Å². The van der Waals surface area contributed by atoms with Crippen LogP contribution in [0.3, 0.4) is 0 Å². The van der Waals surface area contributed by atoms with Crippen LogP contribution < -0.4 is 4.72 Å². The van der Waals surface area contributed by atoms with Gasteiger partial charge in [-0.25, -0.2) is 13.1 Å². The molecule has 0 radical (unpaired) electrons. The number of hydrogen-bond acceptors (Lipinski definition) is 4. The molecule has 0 amide bonds. The van der Waals surface area contributed by atoms with E-state index in [1.807, 2.05) is 30.4 Å². The number of benzene rings is 3. The number of carbonyl (C=O) groups is 1. The number of allylic oxidation sites excluding steroid dienone is 2. The maximum absolute atomic E-state index is 13.2. The second-order valence-corrected chi connectivity index (χ2v) is 13.4. The fourth-order valence-electron chi connectivity index (χ4n) is 4.98. The standard InChI is InChI=1S/C31H33Br2NO5S/c32-27-17-16-25(20-28(27)33)40(37,38)34-29-18-19-30(26(29)10-6-1-2-7-11-31(35)36)39-21-22-12-14-24(15-13-22)23-8-4-3-5-9-23/h1,3-6,8-9,12-17,20,26,29-30,34H,2,7,10-11,18-19,21H2,(H,35,36)/b6-1-/t26-,29+,30+/m1/s1. The lowest BCUT2D eigenvalue weighted by Gasteiger charge is -2.25. The Balaban J connectivity index is 1.43. The lowest BCUT2D eigenvalue weighted by atomic mass is 9.97. The topological polar surface area (TPSA) is 92.7 Å². The maximum Gasteiger partial charge on any atom is 0.303 e. The van der Waals surface area contributed by atoms with Crippen molar-refractivity contribution in [2.75, 3.05) is 0 Å². The van der Waals surface area contributed by atoms with Gasteiger partial charge in [-0.05, 0) is 98.9 Å². The highest BCUT2D eigenvalue weighted by Crippen LogP contribution is 2.34. The van der Waals surface area contributed by atoms with Crippen molar-refractivity contribution in [3.63, 3.8) is 0 Å². The molecule has 3 aromatic rings. The minimum atomic E-state index is -3.73. The van der Waals surface area contributed by atoms with Crippen molar-refractivity contribution in [2.45, 2.75) is 62.2 Å². The van der Waals surface area contributed by atoms with Crippen molar-refractivity contribution in [3.05, 3.63) is 99.5 Å². The van der Waals surface area contributed by atoms with E-state index < -0.39 is 16.0 Å². The second-order valence-electron chi connectivity index (χ2n) is 9.95. The summed E-state index contributed by atoms with van der Waals surface area (Å²) in [6.45, 7) is 0.442. The molecule has 0 saturated heterocycles. The van der Waals surface area contributed by atoms with Crippen LogP contribution in [-0.2, 0) is 26.2 Å². The van der Waals surface area contributed by atoms with Crippen LogP contribution in [0.4, 0.5) is 0 Å². The van der Waals surface area contributed by atoms with Gasteiger partial charge < -0.3 is 9.84 Å². The Labute approximate surface area is 253 Å². The van der Waals surface area contributed by atoms with Gasteiger partial charge in [0.25, 0.3) is 0 Å². The van der Waals surface area contributed by atoms with Crippen LogP contribution in [0, 0.1) is 5.92 Å². The molecule has 6 nitrogen and oxygen atoms in total. The van der Waals surface area contributed by atoms with E-state index >= 15 is 0 Å². The number of carboxylic acid groups (broad SMARTS) is 1. The molecule has 0 aromatic heterocycles. The summed E-state index contributed by atoms with van der Waals surface area (Å²) in [4.78, 5) is 11.0. The lowest BCUT2D eigenvalue weighted by molar-refractivity contribution is -0.137. The SMILES string of the molecule is O=C(O)CCC/C=C\C[C@@H]1[C@@H](NS(=O)(=O)c2ccc(Br)c(Br)c2)CC[C@@H]1OCc1ccc(-c2ccccc2)cc1. The smallest absolute Gasteiger partial charge is 0.303 e. The first-order chi connectivity index (χ1) is 19.2. The molecule has 212 valence electrons. The monoisotopic (exact) mass is 689 g/mol. The van der Waals surface area contributed by atoms with Gasteiger partial charge in [0.1, 0.15) is 0 Å². The molecule has 0 spiro atoms. The minimum Gasteiger partial charge on any atom is -0.481 e. The van der Waals surface area contributed by atoms with E-state index in [1.54, 1.807) is 18.2 Å². The van der Waals surface area contributed by atoms with E-state index in [4.69, 9.17) is 9.84 Å². The number of halogens is 2. The normalized spacial score (nSPS) is 19.3. The van der Waals surface area contributed by atoms with E-state index in [-0.39, 0.29) is 29.4 Å². The molecular formula is C31H33Br2NO5S. The molecule has 0 heterocycles. The number of sulfonamides is 1. The molecule has 4 rings (SSSR count). The molecule has 1 fully saturated rings. The van der Waals surface area contributed by atoms with Crippen LogP contribution >= 0.6 is 31.9 Å². The highest BCUT2D eigenvalue weighted by atomic mass is 79.9. The van der Waals surface area contributed by atoms with Crippen molar-refractivity contribution in [1.29, 1.82) is 0 Å². The Morgan fingerprint density at radius 2 is 1.68 bits per heavy atom. The predicted octanol–water partition coefficient (Wildman–Crippen LogP) is 7.72. The summed E-state index contributed by atoms with van der Waals surface area (Å²) >= 11 is 6.78. The molecule has 2 N–H and O–H groups in total. The van der Waals surface area contributed by atoms with Gasteiger partial charge in [0.2, 0.25) is 10.0 Å². The van der Waals surface area contributed by atoms with Crippen molar-refractivity contribution in [3.8, 4) is 11.1 Å². The van der Waals surface area contributed by atoms with Gasteiger partial charge in [0, 0.05) is 27.3 Å². The van der Waals surface area contributed by atoms with E-state index in [1.165, 1.54) is 0 Å².